The zero-order valence-corrected chi connectivity index (χ0v) is 17.5. The zero-order valence-electron chi connectivity index (χ0n) is 15.9. The van der Waals surface area contributed by atoms with Gasteiger partial charge in [-0.25, -0.2) is 4.98 Å². The van der Waals surface area contributed by atoms with Gasteiger partial charge in [-0.05, 0) is 56.0 Å². The standard InChI is InChI=1S/C21H23ClN2O3.ClH/c1-3-27-19-5-4-10-24-20(14(2)23-21(19)24)18(26)12-16(13-25)11-15-6-8-17(22)9-7-15;/h4-10,16,25H,3,11-13H2,1-2H3;1H/t16-;/m0./s1. The van der Waals surface area contributed by atoms with Gasteiger partial charge in [0.15, 0.2) is 17.2 Å². The summed E-state index contributed by atoms with van der Waals surface area (Å²) in [6.07, 6.45) is 2.67. The quantitative estimate of drug-likeness (QED) is 0.541. The number of fused-ring (bicyclic) bond motifs is 1. The van der Waals surface area contributed by atoms with Gasteiger partial charge in [-0.15, -0.1) is 12.4 Å². The first-order chi connectivity index (χ1) is 13.0. The number of aliphatic hydroxyl groups excluding tert-OH is 1. The fourth-order valence-electron chi connectivity index (χ4n) is 3.27. The lowest BCUT2D eigenvalue weighted by atomic mass is 9.94. The number of benzene rings is 1. The highest BCUT2D eigenvalue weighted by Gasteiger charge is 2.22. The van der Waals surface area contributed by atoms with E-state index in [4.69, 9.17) is 16.3 Å². The van der Waals surface area contributed by atoms with Gasteiger partial charge in [0, 0.05) is 24.2 Å². The van der Waals surface area contributed by atoms with Crippen molar-refractivity contribution in [3.8, 4) is 5.75 Å². The molecule has 5 nitrogen and oxygen atoms in total. The first-order valence-corrected chi connectivity index (χ1v) is 9.40. The SMILES string of the molecule is CCOc1cccn2c(C(=O)C[C@@H](CO)Cc3ccc(Cl)cc3)c(C)nc12.Cl. The summed E-state index contributed by atoms with van der Waals surface area (Å²) in [4.78, 5) is 17.5. The van der Waals surface area contributed by atoms with Crippen molar-refractivity contribution in [1.29, 1.82) is 0 Å². The van der Waals surface area contributed by atoms with Gasteiger partial charge in [-0.2, -0.15) is 0 Å². The van der Waals surface area contributed by atoms with Gasteiger partial charge in [0.05, 0.1) is 12.3 Å². The predicted molar refractivity (Wildman–Crippen MR) is 113 cm³/mol. The highest BCUT2D eigenvalue weighted by atomic mass is 35.5. The molecule has 1 atom stereocenters. The van der Waals surface area contributed by atoms with Crippen LogP contribution in [0.2, 0.25) is 5.02 Å². The Morgan fingerprint density at radius 3 is 2.64 bits per heavy atom. The van der Waals surface area contributed by atoms with Gasteiger partial charge < -0.3 is 9.84 Å². The van der Waals surface area contributed by atoms with Crippen LogP contribution in [0.5, 0.6) is 5.75 Å². The third kappa shape index (κ3) is 4.85. The lowest BCUT2D eigenvalue weighted by Gasteiger charge is -2.14. The number of carbonyl (C=O) groups excluding carboxylic acids is 1. The molecule has 0 fully saturated rings. The third-order valence-corrected chi connectivity index (χ3v) is 4.77. The molecule has 28 heavy (non-hydrogen) atoms. The minimum absolute atomic E-state index is 0. The molecule has 0 radical (unpaired) electrons. The molecule has 0 spiro atoms. The van der Waals surface area contributed by atoms with Crippen LogP contribution in [0.3, 0.4) is 0 Å². The Balaban J connectivity index is 0.00000280. The van der Waals surface area contributed by atoms with Gasteiger partial charge in [0.2, 0.25) is 0 Å². The second-order valence-corrected chi connectivity index (χ2v) is 6.99. The molecule has 1 N–H and O–H groups in total. The van der Waals surface area contributed by atoms with Crippen LogP contribution >= 0.6 is 24.0 Å². The Morgan fingerprint density at radius 1 is 1.29 bits per heavy atom. The summed E-state index contributed by atoms with van der Waals surface area (Å²) in [5.41, 5.74) is 2.88. The number of Topliss-reactive ketones (excluding diaryl/α,β-unsaturated/α-hetero) is 1. The van der Waals surface area contributed by atoms with Crippen molar-refractivity contribution in [1.82, 2.24) is 9.38 Å². The molecule has 0 bridgehead atoms. The Morgan fingerprint density at radius 2 is 2.00 bits per heavy atom. The molecule has 2 aromatic heterocycles. The van der Waals surface area contributed by atoms with Gasteiger partial charge in [0.25, 0.3) is 0 Å². The van der Waals surface area contributed by atoms with Crippen LogP contribution in [0.15, 0.2) is 42.6 Å². The van der Waals surface area contributed by atoms with Crippen molar-refractivity contribution in [3.63, 3.8) is 0 Å². The van der Waals surface area contributed by atoms with Crippen LogP contribution in [0, 0.1) is 12.8 Å². The highest BCUT2D eigenvalue weighted by Crippen LogP contribution is 2.24. The molecule has 1 aromatic carbocycles. The molecular weight excluding hydrogens is 399 g/mol. The van der Waals surface area contributed by atoms with Crippen LogP contribution in [0.4, 0.5) is 0 Å². The Bertz CT molecular complexity index is 939. The topological polar surface area (TPSA) is 63.8 Å². The second kappa shape index (κ2) is 9.92. The summed E-state index contributed by atoms with van der Waals surface area (Å²) < 4.78 is 7.39. The zero-order chi connectivity index (χ0) is 19.4. The first kappa shape index (κ1) is 22.2. The van der Waals surface area contributed by atoms with Crippen molar-refractivity contribution in [2.24, 2.45) is 5.92 Å². The Hall–Kier alpha value is -2.08. The first-order valence-electron chi connectivity index (χ1n) is 9.02. The number of ketones is 1. The van der Waals surface area contributed by atoms with Crippen molar-refractivity contribution < 1.29 is 14.6 Å². The molecule has 7 heteroatoms. The van der Waals surface area contributed by atoms with Gasteiger partial charge in [-0.3, -0.25) is 9.20 Å². The van der Waals surface area contributed by atoms with Crippen molar-refractivity contribution in [3.05, 3.63) is 64.6 Å². The summed E-state index contributed by atoms with van der Waals surface area (Å²) in [6, 6.07) is 11.2. The maximum absolute atomic E-state index is 13.0. The lowest BCUT2D eigenvalue weighted by Crippen LogP contribution is -2.17. The molecule has 150 valence electrons. The third-order valence-electron chi connectivity index (χ3n) is 4.52. The van der Waals surface area contributed by atoms with E-state index >= 15 is 0 Å². The van der Waals surface area contributed by atoms with E-state index in [0.717, 1.165) is 5.56 Å². The maximum atomic E-state index is 13.0. The maximum Gasteiger partial charge on any atom is 0.181 e. The molecule has 0 unspecified atom stereocenters. The van der Waals surface area contributed by atoms with E-state index in [1.807, 2.05) is 56.4 Å². The second-order valence-electron chi connectivity index (χ2n) is 6.55. The average Bonchev–Trinajstić information content (AvgIpc) is 3.00. The number of ether oxygens (including phenoxy) is 1. The minimum atomic E-state index is -0.168. The van der Waals surface area contributed by atoms with Gasteiger partial charge in [-0.1, -0.05) is 23.7 Å². The predicted octanol–water partition coefficient (Wildman–Crippen LogP) is 4.54. The molecule has 0 aliphatic rings. The molecule has 0 amide bonds. The Labute approximate surface area is 175 Å². The van der Waals surface area contributed by atoms with E-state index < -0.39 is 0 Å². The summed E-state index contributed by atoms with van der Waals surface area (Å²) in [7, 11) is 0. The number of carbonyl (C=O) groups is 1. The number of halogens is 2. The van der Waals surface area contributed by atoms with Crippen LogP contribution in [0.25, 0.3) is 5.65 Å². The van der Waals surface area contributed by atoms with E-state index in [1.165, 1.54) is 0 Å². The molecule has 3 aromatic rings. The number of aryl methyl sites for hydroxylation is 1. The summed E-state index contributed by atoms with van der Waals surface area (Å²) >= 11 is 5.92. The van der Waals surface area contributed by atoms with Crippen LogP contribution in [0.1, 0.15) is 35.1 Å². The molecule has 0 aliphatic carbocycles. The normalized spacial score (nSPS) is 11.9. The number of imidazole rings is 1. The summed E-state index contributed by atoms with van der Waals surface area (Å²) in [5, 5.41) is 10.4. The number of aliphatic hydroxyl groups is 1. The van der Waals surface area contributed by atoms with E-state index in [9.17, 15) is 9.90 Å². The van der Waals surface area contributed by atoms with Crippen molar-refractivity contribution >= 4 is 35.4 Å². The van der Waals surface area contributed by atoms with E-state index in [0.29, 0.717) is 40.8 Å². The smallest absolute Gasteiger partial charge is 0.181 e. The largest absolute Gasteiger partial charge is 0.490 e. The van der Waals surface area contributed by atoms with E-state index in [1.54, 1.807) is 4.40 Å². The monoisotopic (exact) mass is 422 g/mol. The molecule has 0 saturated carbocycles. The van der Waals surface area contributed by atoms with E-state index in [2.05, 4.69) is 4.98 Å². The fourth-order valence-corrected chi connectivity index (χ4v) is 3.40. The molecule has 0 saturated heterocycles. The molecule has 3 rings (SSSR count). The number of pyridine rings is 1. The summed E-state index contributed by atoms with van der Waals surface area (Å²) in [6.45, 7) is 4.20. The number of nitrogens with zero attached hydrogens (tertiary/aromatic N) is 2. The number of rotatable bonds is 8. The Kier molecular flexibility index (Phi) is 7.87. The van der Waals surface area contributed by atoms with Crippen molar-refractivity contribution in [2.75, 3.05) is 13.2 Å². The molecule has 2 heterocycles. The summed E-state index contributed by atoms with van der Waals surface area (Å²) in [5.74, 6) is 0.447. The average molecular weight is 423 g/mol. The number of hydrogen-bond acceptors (Lipinski definition) is 4. The van der Waals surface area contributed by atoms with Gasteiger partial charge in [0.1, 0.15) is 5.69 Å². The minimum Gasteiger partial charge on any atom is -0.490 e. The number of aromatic nitrogens is 2. The van der Waals surface area contributed by atoms with Crippen LogP contribution in [-0.4, -0.2) is 33.5 Å². The molecule has 0 aliphatic heterocycles. The highest BCUT2D eigenvalue weighted by molar-refractivity contribution is 6.30. The van der Waals surface area contributed by atoms with Gasteiger partial charge >= 0.3 is 0 Å². The lowest BCUT2D eigenvalue weighted by molar-refractivity contribution is 0.0929. The van der Waals surface area contributed by atoms with Crippen LogP contribution < -0.4 is 4.74 Å². The fraction of sp³-hybridized carbons (Fsp3) is 0.333. The molecular formula is C21H24Cl2N2O3. The van der Waals surface area contributed by atoms with E-state index in [-0.39, 0.29) is 37.1 Å². The van der Waals surface area contributed by atoms with Crippen molar-refractivity contribution in [2.45, 2.75) is 26.7 Å². The number of hydrogen-bond donors (Lipinski definition) is 1. The van der Waals surface area contributed by atoms with Crippen LogP contribution in [-0.2, 0) is 6.42 Å².